The van der Waals surface area contributed by atoms with Gasteiger partial charge in [-0.15, -0.1) is 0 Å². The molecule has 0 unspecified atom stereocenters. The minimum atomic E-state index is -1.16. The summed E-state index contributed by atoms with van der Waals surface area (Å²) in [4.78, 5) is 95.0. The van der Waals surface area contributed by atoms with E-state index < -0.39 is 18.4 Å². The number of hydrogen-bond donors (Lipinski definition) is 8. The molecule has 0 saturated heterocycles. The van der Waals surface area contributed by atoms with Gasteiger partial charge < -0.3 is 42.3 Å². The second kappa shape index (κ2) is 28.6. The lowest BCUT2D eigenvalue weighted by molar-refractivity contribution is -0.138. The van der Waals surface area contributed by atoms with E-state index in [0.717, 1.165) is 0 Å². The van der Waals surface area contributed by atoms with Crippen LogP contribution in [0.4, 0.5) is 0 Å². The number of hydrogen-bond acceptors (Lipinski definition) is 11. The second-order valence-corrected chi connectivity index (χ2v) is 12.2. The Kier molecular flexibility index (Phi) is 26.4. The minimum absolute atomic E-state index is 0.0595. The van der Waals surface area contributed by atoms with Gasteiger partial charge in [0.15, 0.2) is 0 Å². The summed E-state index contributed by atoms with van der Waals surface area (Å²) in [6.07, 6.45) is 1.68. The first-order chi connectivity index (χ1) is 22.5. The number of nitrogens with one attached hydrogen (secondary N) is 7. The Balaban J connectivity index is 4.30. The van der Waals surface area contributed by atoms with Crippen molar-refractivity contribution in [1.82, 2.24) is 42.1 Å². The Morgan fingerprint density at radius 1 is 0.532 bits per heavy atom. The fourth-order valence-electron chi connectivity index (χ4n) is 3.55. The van der Waals surface area contributed by atoms with Gasteiger partial charge in [0.05, 0.1) is 18.1 Å². The zero-order valence-corrected chi connectivity index (χ0v) is 28.8. The van der Waals surface area contributed by atoms with Gasteiger partial charge in [0, 0.05) is 90.6 Å². The van der Waals surface area contributed by atoms with Gasteiger partial charge in [0.2, 0.25) is 41.4 Å². The fraction of sp³-hybridized carbons (Fsp3) is 0.714. The number of carboxylic acids is 1. The number of carboxylic acid groups (broad SMARTS) is 1. The van der Waals surface area contributed by atoms with Crippen LogP contribution in [-0.2, 0) is 38.4 Å². The van der Waals surface area contributed by atoms with Gasteiger partial charge in [0.25, 0.3) is 0 Å². The van der Waals surface area contributed by atoms with Crippen LogP contribution in [0.3, 0.4) is 0 Å². The van der Waals surface area contributed by atoms with Gasteiger partial charge in [-0.25, -0.2) is 0 Å². The largest absolute Gasteiger partial charge is 0.480 e. The normalized spacial score (nSPS) is 10.4. The van der Waals surface area contributed by atoms with Gasteiger partial charge in [-0.1, -0.05) is 0 Å². The second-order valence-electron chi connectivity index (χ2n) is 10.0. The monoisotopic (exact) mass is 706 g/mol. The Morgan fingerprint density at radius 3 is 1.34 bits per heavy atom. The summed E-state index contributed by atoms with van der Waals surface area (Å²) in [5.41, 5.74) is 0. The van der Waals surface area contributed by atoms with E-state index in [1.807, 2.05) is 0 Å². The van der Waals surface area contributed by atoms with Crippen molar-refractivity contribution in [1.29, 1.82) is 0 Å². The molecular weight excluding hydrogens is 656 g/mol. The molecule has 0 saturated carbocycles. The molecule has 7 amide bonds. The summed E-state index contributed by atoms with van der Waals surface area (Å²) in [6.45, 7) is 1.29. The Hall–Kier alpha value is -3.58. The van der Waals surface area contributed by atoms with E-state index in [1.54, 1.807) is 19.0 Å². The third kappa shape index (κ3) is 28.4. The van der Waals surface area contributed by atoms with E-state index in [1.165, 1.54) is 23.5 Å². The van der Waals surface area contributed by atoms with Crippen molar-refractivity contribution >= 4 is 70.8 Å². The van der Waals surface area contributed by atoms with Crippen LogP contribution < -0.4 is 37.2 Å². The van der Waals surface area contributed by atoms with E-state index in [-0.39, 0.29) is 92.3 Å². The molecule has 0 aromatic heterocycles. The number of nitrogens with zero attached hydrogens (tertiary/aromatic N) is 1. The molecule has 0 aromatic rings. The van der Waals surface area contributed by atoms with E-state index in [2.05, 4.69) is 37.2 Å². The van der Waals surface area contributed by atoms with Crippen molar-refractivity contribution in [2.45, 2.75) is 38.5 Å². The first-order valence-corrected chi connectivity index (χ1v) is 17.6. The highest BCUT2D eigenvalue weighted by molar-refractivity contribution is 8.00. The van der Waals surface area contributed by atoms with Crippen molar-refractivity contribution in [2.24, 2.45) is 0 Å². The van der Waals surface area contributed by atoms with E-state index >= 15 is 0 Å². The smallest absolute Gasteiger partial charge is 0.322 e. The first kappa shape index (κ1) is 43.4. The summed E-state index contributed by atoms with van der Waals surface area (Å²) in [5, 5.41) is 27.0. The van der Waals surface area contributed by atoms with Crippen LogP contribution in [0.5, 0.6) is 0 Å². The highest BCUT2D eigenvalue weighted by atomic mass is 32.2. The molecule has 0 aliphatic rings. The van der Waals surface area contributed by atoms with Crippen molar-refractivity contribution in [2.75, 3.05) is 89.5 Å². The van der Waals surface area contributed by atoms with Crippen molar-refractivity contribution in [3.8, 4) is 0 Å². The number of carbonyl (C=O) groups is 8. The molecule has 0 radical (unpaired) electrons. The molecule has 0 bridgehead atoms. The maximum absolute atomic E-state index is 12.2. The summed E-state index contributed by atoms with van der Waals surface area (Å²) in [5.74, 6) is -1.22. The SMILES string of the molecule is CNC(=O)CSCCC(=O)NCCC(=O)NCCCN(CCCNC(=O)CCNC(=O)CCSCC(=O)NC)CC(=O)NCC(=O)O. The molecule has 8 N–H and O–H groups in total. The van der Waals surface area contributed by atoms with E-state index in [4.69, 9.17) is 5.11 Å². The quantitative estimate of drug-likeness (QED) is 0.0386. The molecule has 268 valence electrons. The molecule has 0 fully saturated rings. The van der Waals surface area contributed by atoms with Gasteiger partial charge in [-0.05, 0) is 12.8 Å². The first-order valence-electron chi connectivity index (χ1n) is 15.3. The molecule has 17 nitrogen and oxygen atoms in total. The summed E-state index contributed by atoms with van der Waals surface area (Å²) in [7, 11) is 3.09. The fourth-order valence-corrected chi connectivity index (χ4v) is 5.16. The van der Waals surface area contributed by atoms with Crippen LogP contribution in [-0.4, -0.2) is 147 Å². The maximum Gasteiger partial charge on any atom is 0.322 e. The van der Waals surface area contributed by atoms with Crippen LogP contribution in [0.2, 0.25) is 0 Å². The highest BCUT2D eigenvalue weighted by Crippen LogP contribution is 2.02. The van der Waals surface area contributed by atoms with Crippen LogP contribution >= 0.6 is 23.5 Å². The Labute approximate surface area is 284 Å². The number of aliphatic carboxylic acids is 1. The van der Waals surface area contributed by atoms with Crippen LogP contribution in [0.15, 0.2) is 0 Å². The van der Waals surface area contributed by atoms with Gasteiger partial charge in [0.1, 0.15) is 6.54 Å². The molecule has 0 atom stereocenters. The molecule has 19 heteroatoms. The van der Waals surface area contributed by atoms with Gasteiger partial charge in [-0.3, -0.25) is 43.3 Å². The third-order valence-corrected chi connectivity index (χ3v) is 7.99. The van der Waals surface area contributed by atoms with E-state index in [0.29, 0.717) is 50.5 Å². The minimum Gasteiger partial charge on any atom is -0.480 e. The van der Waals surface area contributed by atoms with Gasteiger partial charge >= 0.3 is 5.97 Å². The molecular formula is C28H50N8O9S2. The van der Waals surface area contributed by atoms with Crippen LogP contribution in [0.25, 0.3) is 0 Å². The number of thioether (sulfide) groups is 2. The lowest BCUT2D eigenvalue weighted by Crippen LogP contribution is -2.41. The number of amides is 7. The maximum atomic E-state index is 12.2. The van der Waals surface area contributed by atoms with Crippen molar-refractivity contribution in [3.05, 3.63) is 0 Å². The van der Waals surface area contributed by atoms with E-state index in [9.17, 15) is 38.4 Å². The van der Waals surface area contributed by atoms with Crippen molar-refractivity contribution in [3.63, 3.8) is 0 Å². The summed E-state index contributed by atoms with van der Waals surface area (Å²) in [6, 6.07) is 0. The predicted octanol–water partition coefficient (Wildman–Crippen LogP) is -2.75. The standard InChI is InChI=1S/C28H50N8O9S2/c1-29-26(42)19-46-15-7-23(39)33-11-5-21(37)31-9-3-13-36(18-25(41)35-17-28(44)45)14-4-10-32-22(38)6-12-34-24(40)8-16-47-20-27(43)30-2/h3-20H2,1-2H3,(H,29,42)(H,30,43)(H,31,37)(H,32,38)(H,33,39)(H,34,40)(H,35,41)(H,44,45). The average molecular weight is 707 g/mol. The topological polar surface area (TPSA) is 244 Å². The molecule has 0 rings (SSSR count). The van der Waals surface area contributed by atoms with Crippen LogP contribution in [0.1, 0.15) is 38.5 Å². The molecule has 0 spiro atoms. The van der Waals surface area contributed by atoms with Crippen molar-refractivity contribution < 1.29 is 43.5 Å². The Morgan fingerprint density at radius 2 is 0.936 bits per heavy atom. The molecule has 0 heterocycles. The lowest BCUT2D eigenvalue weighted by Gasteiger charge is -2.22. The zero-order valence-electron chi connectivity index (χ0n) is 27.2. The lowest BCUT2D eigenvalue weighted by atomic mass is 10.3. The molecule has 0 aliphatic carbocycles. The highest BCUT2D eigenvalue weighted by Gasteiger charge is 2.13. The molecule has 47 heavy (non-hydrogen) atoms. The molecule has 0 aromatic carbocycles. The molecule has 0 aliphatic heterocycles. The number of rotatable bonds is 28. The average Bonchev–Trinajstić information content (AvgIpc) is 3.03. The summed E-state index contributed by atoms with van der Waals surface area (Å²) >= 11 is 2.69. The Bertz CT molecular complexity index is 958. The van der Waals surface area contributed by atoms with Crippen LogP contribution in [0, 0.1) is 0 Å². The van der Waals surface area contributed by atoms with Gasteiger partial charge in [-0.2, -0.15) is 23.5 Å². The number of carbonyl (C=O) groups excluding carboxylic acids is 7. The predicted molar refractivity (Wildman–Crippen MR) is 180 cm³/mol. The summed E-state index contributed by atoms with van der Waals surface area (Å²) < 4.78 is 0. The third-order valence-electron chi connectivity index (χ3n) is 6.07. The zero-order chi connectivity index (χ0) is 35.3.